The number of fused-ring (bicyclic) bond motifs is 4. The van der Waals surface area contributed by atoms with Crippen LogP contribution in [-0.4, -0.2) is 18.1 Å². The topological polar surface area (TPSA) is 46.2 Å². The molecule has 0 aromatic heterocycles. The third-order valence-corrected chi connectivity index (χ3v) is 9.53. The molecule has 0 aliphatic heterocycles. The van der Waals surface area contributed by atoms with Gasteiger partial charge in [0.1, 0.15) is 0 Å². The van der Waals surface area contributed by atoms with Crippen LogP contribution in [0, 0.1) is 28.1 Å². The van der Waals surface area contributed by atoms with Crippen molar-refractivity contribution >= 4 is 11.6 Å². The zero-order valence-corrected chi connectivity index (χ0v) is 19.1. The van der Waals surface area contributed by atoms with E-state index in [1.54, 1.807) is 6.08 Å². The van der Waals surface area contributed by atoms with Crippen molar-refractivity contribution in [2.45, 2.75) is 80.1 Å². The molecular formula is C26H37NO2. The molecule has 4 aliphatic rings. The highest BCUT2D eigenvalue weighted by Gasteiger charge is 2.66. The van der Waals surface area contributed by atoms with Crippen molar-refractivity contribution in [2.24, 2.45) is 28.1 Å². The molecule has 158 valence electrons. The van der Waals surface area contributed by atoms with Crippen LogP contribution in [0.1, 0.15) is 80.1 Å². The van der Waals surface area contributed by atoms with Gasteiger partial charge in [-0.2, -0.15) is 0 Å². The molecule has 0 radical (unpaired) electrons. The van der Waals surface area contributed by atoms with Gasteiger partial charge in [-0.1, -0.05) is 52.7 Å². The highest BCUT2D eigenvalue weighted by Crippen LogP contribution is 2.72. The molecule has 4 aliphatic carbocycles. The maximum atomic E-state index is 13.6. The van der Waals surface area contributed by atoms with Gasteiger partial charge < -0.3 is 5.32 Å². The fourth-order valence-electron chi connectivity index (χ4n) is 6.96. The fourth-order valence-corrected chi connectivity index (χ4v) is 6.96. The number of Topliss-reactive ketones (excluding diaryl/α,β-unsaturated/α-hetero) is 1. The number of carbonyl (C=O) groups is 2. The lowest BCUT2D eigenvalue weighted by atomic mass is 9.43. The van der Waals surface area contributed by atoms with Gasteiger partial charge in [0.15, 0.2) is 5.78 Å². The third-order valence-electron chi connectivity index (χ3n) is 9.53. The van der Waals surface area contributed by atoms with Crippen LogP contribution in [0.5, 0.6) is 0 Å². The molecule has 1 saturated carbocycles. The number of hydrogen-bond acceptors (Lipinski definition) is 3. The van der Waals surface area contributed by atoms with Gasteiger partial charge in [0, 0.05) is 29.2 Å². The van der Waals surface area contributed by atoms with E-state index < -0.39 is 0 Å². The van der Waals surface area contributed by atoms with Gasteiger partial charge >= 0.3 is 0 Å². The highest BCUT2D eigenvalue weighted by atomic mass is 16.1. The first-order valence-electron chi connectivity index (χ1n) is 11.5. The molecule has 0 bridgehead atoms. The first-order chi connectivity index (χ1) is 13.6. The zero-order chi connectivity index (χ0) is 21.2. The summed E-state index contributed by atoms with van der Waals surface area (Å²) in [6.07, 6.45) is 10.2. The second-order valence-corrected chi connectivity index (χ2v) is 10.9. The number of carbonyl (C=O) groups excluding carboxylic acids is 2. The predicted octanol–water partition coefficient (Wildman–Crippen LogP) is 5.53. The van der Waals surface area contributed by atoms with Crippen LogP contribution in [0.2, 0.25) is 0 Å². The van der Waals surface area contributed by atoms with Gasteiger partial charge in [-0.25, -0.2) is 0 Å². The number of rotatable bonds is 4. The van der Waals surface area contributed by atoms with E-state index >= 15 is 0 Å². The van der Waals surface area contributed by atoms with Crippen molar-refractivity contribution < 1.29 is 9.59 Å². The van der Waals surface area contributed by atoms with Crippen molar-refractivity contribution in [3.05, 3.63) is 34.6 Å². The molecule has 0 heterocycles. The summed E-state index contributed by atoms with van der Waals surface area (Å²) in [7, 11) is 0. The van der Waals surface area contributed by atoms with Crippen molar-refractivity contribution in [3.63, 3.8) is 0 Å². The quantitative estimate of drug-likeness (QED) is 0.503. The normalized spacial score (nSPS) is 40.0. The summed E-state index contributed by atoms with van der Waals surface area (Å²) in [5, 5.41) is 3.31. The van der Waals surface area contributed by atoms with E-state index in [1.807, 2.05) is 0 Å². The van der Waals surface area contributed by atoms with Crippen molar-refractivity contribution in [2.75, 3.05) is 6.54 Å². The van der Waals surface area contributed by atoms with Crippen molar-refractivity contribution in [1.82, 2.24) is 5.32 Å². The summed E-state index contributed by atoms with van der Waals surface area (Å²) < 4.78 is 0. The van der Waals surface area contributed by atoms with E-state index in [2.05, 4.69) is 52.9 Å². The minimum absolute atomic E-state index is 0.0362. The largest absolute Gasteiger partial charge is 0.382 e. The summed E-state index contributed by atoms with van der Waals surface area (Å²) in [6, 6.07) is 0. The van der Waals surface area contributed by atoms with E-state index in [1.165, 1.54) is 5.57 Å². The Hall–Kier alpha value is -1.64. The Balaban J connectivity index is 1.70. The van der Waals surface area contributed by atoms with Crippen LogP contribution in [0.15, 0.2) is 34.6 Å². The Morgan fingerprint density at radius 3 is 2.62 bits per heavy atom. The van der Waals surface area contributed by atoms with Crippen LogP contribution in [0.25, 0.3) is 0 Å². The van der Waals surface area contributed by atoms with Gasteiger partial charge in [-0.05, 0) is 61.7 Å². The highest BCUT2D eigenvalue weighted by molar-refractivity contribution is 6.23. The maximum absolute atomic E-state index is 13.6. The van der Waals surface area contributed by atoms with Gasteiger partial charge in [0.25, 0.3) is 0 Å². The number of hydrogen-bond donors (Lipinski definition) is 1. The molecule has 5 unspecified atom stereocenters. The molecule has 0 aromatic rings. The minimum atomic E-state index is -0.214. The molecule has 0 spiro atoms. The van der Waals surface area contributed by atoms with Gasteiger partial charge in [-0.15, -0.1) is 0 Å². The maximum Gasteiger partial charge on any atom is 0.205 e. The average Bonchev–Trinajstić information content (AvgIpc) is 2.94. The molecule has 4 rings (SSSR count). The summed E-state index contributed by atoms with van der Waals surface area (Å²) in [5.74, 6) is 1.14. The first kappa shape index (κ1) is 20.6. The Bertz CT molecular complexity index is 862. The van der Waals surface area contributed by atoms with Crippen LogP contribution >= 0.6 is 0 Å². The Morgan fingerprint density at radius 1 is 1.21 bits per heavy atom. The zero-order valence-electron chi connectivity index (χ0n) is 19.1. The average molecular weight is 396 g/mol. The third kappa shape index (κ3) is 2.68. The molecule has 1 fully saturated rings. The Labute approximate surface area is 176 Å². The standard InChI is InChI=1S/C26H37NO2/c1-7-16(2)15-27-19-13-20(28)18-14-26(6)21-10-8-9-17(3)24(21,4)11-12-25(26,5)22(18)23(19)29/h9,13,16,21,27H,7-8,10-12,14-15H2,1-6H3. The number of nitrogens with one attached hydrogen (secondary N) is 1. The van der Waals surface area contributed by atoms with E-state index in [9.17, 15) is 9.59 Å². The minimum Gasteiger partial charge on any atom is -0.382 e. The first-order valence-corrected chi connectivity index (χ1v) is 11.5. The van der Waals surface area contributed by atoms with Crippen molar-refractivity contribution in [3.8, 4) is 0 Å². The summed E-state index contributed by atoms with van der Waals surface area (Å²) in [4.78, 5) is 26.7. The molecule has 3 nitrogen and oxygen atoms in total. The van der Waals surface area contributed by atoms with E-state index in [4.69, 9.17) is 0 Å². The van der Waals surface area contributed by atoms with E-state index in [0.717, 1.165) is 56.2 Å². The summed E-state index contributed by atoms with van der Waals surface area (Å²) >= 11 is 0. The second-order valence-electron chi connectivity index (χ2n) is 10.9. The smallest absolute Gasteiger partial charge is 0.205 e. The van der Waals surface area contributed by atoms with Crippen LogP contribution in [0.4, 0.5) is 0 Å². The SMILES string of the molecule is CCC(C)CNC1=CC(=O)C2=C(C1=O)C1(C)CCC3(C)C(C)=CCCC3C1(C)C2. The number of allylic oxidation sites excluding steroid dienone is 5. The number of ketones is 2. The van der Waals surface area contributed by atoms with Gasteiger partial charge in [-0.3, -0.25) is 9.59 Å². The van der Waals surface area contributed by atoms with Crippen molar-refractivity contribution in [1.29, 1.82) is 0 Å². The second kappa shape index (κ2) is 6.68. The van der Waals surface area contributed by atoms with E-state index in [-0.39, 0.29) is 27.8 Å². The molecule has 29 heavy (non-hydrogen) atoms. The molecule has 0 amide bonds. The predicted molar refractivity (Wildman–Crippen MR) is 117 cm³/mol. The summed E-state index contributed by atoms with van der Waals surface area (Å²) in [5.41, 5.74) is 3.62. The molecule has 0 aromatic carbocycles. The molecule has 1 N–H and O–H groups in total. The molecule has 3 heteroatoms. The lowest BCUT2D eigenvalue weighted by molar-refractivity contribution is -0.118. The lowest BCUT2D eigenvalue weighted by Crippen LogP contribution is -2.54. The van der Waals surface area contributed by atoms with Crippen LogP contribution in [-0.2, 0) is 9.59 Å². The Kier molecular flexibility index (Phi) is 4.75. The van der Waals surface area contributed by atoms with Crippen LogP contribution < -0.4 is 5.32 Å². The van der Waals surface area contributed by atoms with E-state index in [0.29, 0.717) is 17.5 Å². The molecular weight excluding hydrogens is 358 g/mol. The Morgan fingerprint density at radius 2 is 1.93 bits per heavy atom. The van der Waals surface area contributed by atoms with Gasteiger partial charge in [0.05, 0.1) is 5.70 Å². The monoisotopic (exact) mass is 395 g/mol. The summed E-state index contributed by atoms with van der Waals surface area (Å²) in [6.45, 7) is 14.4. The van der Waals surface area contributed by atoms with Gasteiger partial charge in [0.2, 0.25) is 5.78 Å². The molecule has 5 atom stereocenters. The van der Waals surface area contributed by atoms with Crippen LogP contribution in [0.3, 0.4) is 0 Å². The lowest BCUT2D eigenvalue weighted by Gasteiger charge is -2.61. The fraction of sp³-hybridized carbons (Fsp3) is 0.692. The molecule has 0 saturated heterocycles.